The lowest BCUT2D eigenvalue weighted by Gasteiger charge is -1.98. The van der Waals surface area contributed by atoms with Crippen LogP contribution in [0.4, 0.5) is 0 Å². The molecule has 6 heteroatoms. The maximum Gasteiger partial charge on any atom is 0.223 e. The molecule has 0 saturated heterocycles. The summed E-state index contributed by atoms with van der Waals surface area (Å²) in [6, 6.07) is 3.45. The van der Waals surface area contributed by atoms with Gasteiger partial charge in [0.15, 0.2) is 5.82 Å². The normalized spacial score (nSPS) is 10.1. The van der Waals surface area contributed by atoms with Crippen LogP contribution < -0.4 is 0 Å². The third-order valence-corrected chi connectivity index (χ3v) is 1.85. The first-order valence-corrected chi connectivity index (χ1v) is 4.30. The van der Waals surface area contributed by atoms with Gasteiger partial charge in [0.25, 0.3) is 0 Å². The van der Waals surface area contributed by atoms with Gasteiger partial charge in [-0.15, -0.1) is 20.4 Å². The Balaban J connectivity index is 2.50. The monoisotopic (exact) mass is 207 g/mol. The number of nitrogens with zero attached hydrogens (tertiary/aromatic N) is 5. The van der Waals surface area contributed by atoms with E-state index in [0.29, 0.717) is 22.4 Å². The van der Waals surface area contributed by atoms with Crippen LogP contribution in [0.1, 0.15) is 5.82 Å². The fraction of sp³-hybridized carbons (Fsp3) is 0.125. The van der Waals surface area contributed by atoms with Gasteiger partial charge < -0.3 is 0 Å². The number of aromatic nitrogens is 5. The van der Waals surface area contributed by atoms with Crippen molar-refractivity contribution in [2.45, 2.75) is 6.92 Å². The van der Waals surface area contributed by atoms with Gasteiger partial charge in [0.1, 0.15) is 5.69 Å². The molecule has 0 N–H and O–H groups in total. The maximum atomic E-state index is 5.90. The fourth-order valence-corrected chi connectivity index (χ4v) is 1.13. The second-order valence-electron chi connectivity index (χ2n) is 2.60. The highest BCUT2D eigenvalue weighted by atomic mass is 35.5. The van der Waals surface area contributed by atoms with Gasteiger partial charge in [-0.25, -0.2) is 0 Å². The van der Waals surface area contributed by atoms with Gasteiger partial charge >= 0.3 is 0 Å². The van der Waals surface area contributed by atoms with Crippen molar-refractivity contribution in [1.29, 1.82) is 0 Å². The fourth-order valence-electron chi connectivity index (χ4n) is 0.924. The maximum absolute atomic E-state index is 5.90. The van der Waals surface area contributed by atoms with Crippen molar-refractivity contribution in [2.24, 2.45) is 0 Å². The first kappa shape index (κ1) is 8.96. The molecule has 0 bridgehead atoms. The molecule has 0 aliphatic rings. The van der Waals surface area contributed by atoms with Crippen molar-refractivity contribution >= 4 is 11.6 Å². The van der Waals surface area contributed by atoms with Gasteiger partial charge in [-0.3, -0.25) is 4.98 Å². The Morgan fingerprint density at radius 1 is 1.14 bits per heavy atom. The molecule has 0 radical (unpaired) electrons. The quantitative estimate of drug-likeness (QED) is 0.705. The summed E-state index contributed by atoms with van der Waals surface area (Å²) in [7, 11) is 0. The van der Waals surface area contributed by atoms with Crippen LogP contribution in [0.25, 0.3) is 11.5 Å². The second-order valence-corrected chi connectivity index (χ2v) is 3.01. The van der Waals surface area contributed by atoms with E-state index in [4.69, 9.17) is 11.6 Å². The molecule has 0 aliphatic carbocycles. The molecule has 0 amide bonds. The Labute approximate surface area is 85.2 Å². The van der Waals surface area contributed by atoms with Crippen LogP contribution in [0, 0.1) is 6.92 Å². The molecular formula is C8H6ClN5. The van der Waals surface area contributed by atoms with Crippen LogP contribution in [0.2, 0.25) is 5.02 Å². The molecule has 0 aliphatic heterocycles. The Bertz CT molecular complexity index is 442. The molecule has 0 spiro atoms. The van der Waals surface area contributed by atoms with Crippen LogP contribution in [-0.4, -0.2) is 25.4 Å². The molecule has 0 unspecified atom stereocenters. The smallest absolute Gasteiger partial charge is 0.223 e. The van der Waals surface area contributed by atoms with Crippen LogP contribution in [0.15, 0.2) is 18.3 Å². The lowest BCUT2D eigenvalue weighted by molar-refractivity contribution is 0.812. The van der Waals surface area contributed by atoms with Gasteiger partial charge in [-0.05, 0) is 19.1 Å². The average molecular weight is 208 g/mol. The topological polar surface area (TPSA) is 64.5 Å². The number of pyridine rings is 1. The molecule has 70 valence electrons. The Morgan fingerprint density at radius 2 is 1.86 bits per heavy atom. The zero-order valence-electron chi connectivity index (χ0n) is 7.35. The van der Waals surface area contributed by atoms with Crippen LogP contribution in [0.3, 0.4) is 0 Å². The summed E-state index contributed by atoms with van der Waals surface area (Å²) in [5.74, 6) is 0.849. The van der Waals surface area contributed by atoms with E-state index in [2.05, 4.69) is 25.4 Å². The molecule has 2 rings (SSSR count). The molecule has 0 atom stereocenters. The lowest BCUT2D eigenvalue weighted by Crippen LogP contribution is -2.00. The first-order valence-electron chi connectivity index (χ1n) is 3.92. The Hall–Kier alpha value is -1.62. The largest absolute Gasteiger partial charge is 0.251 e. The molecule has 0 saturated carbocycles. The zero-order chi connectivity index (χ0) is 9.97. The highest BCUT2D eigenvalue weighted by Gasteiger charge is 2.07. The third kappa shape index (κ3) is 1.67. The van der Waals surface area contributed by atoms with Gasteiger partial charge in [0.05, 0.1) is 5.02 Å². The molecular weight excluding hydrogens is 202 g/mol. The molecule has 2 aromatic rings. The van der Waals surface area contributed by atoms with E-state index in [1.807, 2.05) is 0 Å². The van der Waals surface area contributed by atoms with Gasteiger partial charge in [-0.2, -0.15) is 0 Å². The van der Waals surface area contributed by atoms with E-state index in [1.54, 1.807) is 25.3 Å². The lowest BCUT2D eigenvalue weighted by atomic mass is 10.3. The van der Waals surface area contributed by atoms with Crippen LogP contribution in [-0.2, 0) is 0 Å². The predicted octanol–water partition coefficient (Wildman–Crippen LogP) is 1.29. The standard InChI is InChI=1S/C8H6ClN5/c1-5-11-13-8(14-12-5)7-6(9)3-2-4-10-7/h2-4H,1H3. The summed E-state index contributed by atoms with van der Waals surface area (Å²) in [6.07, 6.45) is 1.62. The summed E-state index contributed by atoms with van der Waals surface area (Å²) in [6.45, 7) is 1.71. The Kier molecular flexibility index (Phi) is 2.32. The van der Waals surface area contributed by atoms with Gasteiger partial charge in [0, 0.05) is 6.20 Å². The molecule has 14 heavy (non-hydrogen) atoms. The summed E-state index contributed by atoms with van der Waals surface area (Å²) < 4.78 is 0. The van der Waals surface area contributed by atoms with E-state index in [9.17, 15) is 0 Å². The van der Waals surface area contributed by atoms with E-state index in [0.717, 1.165) is 0 Å². The van der Waals surface area contributed by atoms with E-state index in [-0.39, 0.29) is 0 Å². The van der Waals surface area contributed by atoms with E-state index in [1.165, 1.54) is 0 Å². The van der Waals surface area contributed by atoms with E-state index < -0.39 is 0 Å². The van der Waals surface area contributed by atoms with Crippen molar-refractivity contribution in [1.82, 2.24) is 25.4 Å². The van der Waals surface area contributed by atoms with Crippen LogP contribution >= 0.6 is 11.6 Å². The second kappa shape index (κ2) is 3.63. The number of rotatable bonds is 1. The molecule has 0 fully saturated rings. The summed E-state index contributed by atoms with van der Waals surface area (Å²) in [4.78, 5) is 4.04. The molecule has 2 aromatic heterocycles. The Morgan fingerprint density at radius 3 is 2.50 bits per heavy atom. The molecule has 0 aromatic carbocycles. The van der Waals surface area contributed by atoms with E-state index >= 15 is 0 Å². The SMILES string of the molecule is Cc1nnc(-c2ncccc2Cl)nn1. The minimum Gasteiger partial charge on any atom is -0.251 e. The number of aryl methyl sites for hydroxylation is 1. The number of halogens is 1. The van der Waals surface area contributed by atoms with Gasteiger partial charge in [-0.1, -0.05) is 11.6 Å². The predicted molar refractivity (Wildman–Crippen MR) is 50.6 cm³/mol. The van der Waals surface area contributed by atoms with Gasteiger partial charge in [0.2, 0.25) is 5.82 Å². The summed E-state index contributed by atoms with van der Waals surface area (Å²) in [5, 5.41) is 15.7. The van der Waals surface area contributed by atoms with Crippen molar-refractivity contribution < 1.29 is 0 Å². The zero-order valence-corrected chi connectivity index (χ0v) is 8.10. The number of hydrogen-bond acceptors (Lipinski definition) is 5. The highest BCUT2D eigenvalue weighted by Crippen LogP contribution is 2.20. The molecule has 2 heterocycles. The highest BCUT2D eigenvalue weighted by molar-refractivity contribution is 6.32. The molecule has 5 nitrogen and oxygen atoms in total. The van der Waals surface area contributed by atoms with Crippen molar-refractivity contribution in [2.75, 3.05) is 0 Å². The van der Waals surface area contributed by atoms with Crippen molar-refractivity contribution in [3.8, 4) is 11.5 Å². The third-order valence-electron chi connectivity index (χ3n) is 1.55. The summed E-state index contributed by atoms with van der Waals surface area (Å²) in [5.41, 5.74) is 0.495. The van der Waals surface area contributed by atoms with Crippen molar-refractivity contribution in [3.05, 3.63) is 29.2 Å². The minimum atomic E-state index is 0.334. The first-order chi connectivity index (χ1) is 6.77. The average Bonchev–Trinajstić information content (AvgIpc) is 2.20. The summed E-state index contributed by atoms with van der Waals surface area (Å²) >= 11 is 5.90. The number of hydrogen-bond donors (Lipinski definition) is 0. The minimum absolute atomic E-state index is 0.334. The van der Waals surface area contributed by atoms with Crippen molar-refractivity contribution in [3.63, 3.8) is 0 Å². The van der Waals surface area contributed by atoms with Crippen LogP contribution in [0.5, 0.6) is 0 Å².